The van der Waals surface area contributed by atoms with Crippen molar-refractivity contribution in [3.63, 3.8) is 0 Å². The first-order valence-corrected chi connectivity index (χ1v) is 8.48. The van der Waals surface area contributed by atoms with E-state index in [-0.39, 0.29) is 36.3 Å². The number of hydrogen-bond acceptors (Lipinski definition) is 3. The van der Waals surface area contributed by atoms with Gasteiger partial charge in [0.1, 0.15) is 0 Å². The van der Waals surface area contributed by atoms with Crippen LogP contribution in [0.4, 0.5) is 0 Å². The van der Waals surface area contributed by atoms with E-state index in [9.17, 15) is 9.59 Å². The Morgan fingerprint density at radius 2 is 1.44 bits per heavy atom. The summed E-state index contributed by atoms with van der Waals surface area (Å²) in [6, 6.07) is 16.3. The fourth-order valence-electron chi connectivity index (χ4n) is 2.04. The summed E-state index contributed by atoms with van der Waals surface area (Å²) in [6.45, 7) is 7.78. The van der Waals surface area contributed by atoms with Gasteiger partial charge in [0.25, 0.3) is 11.1 Å². The number of rotatable bonds is 3. The number of carbonyl (C=O) groups excluding carboxylic acids is 2. The smallest absolute Gasteiger partial charge is 0.268 e. The molecule has 0 bridgehead atoms. The zero-order valence-electron chi connectivity index (χ0n) is 15.9. The Hall–Kier alpha value is -1.59. The van der Waals surface area contributed by atoms with Crippen molar-refractivity contribution in [3.8, 4) is 0 Å². The van der Waals surface area contributed by atoms with Gasteiger partial charge in [-0.1, -0.05) is 55.5 Å². The average molecular weight is 434 g/mol. The number of aryl methyl sites for hydroxylation is 1. The summed E-state index contributed by atoms with van der Waals surface area (Å²) in [7, 11) is 0. The number of hydrogen-bond donors (Lipinski definition) is 1. The van der Waals surface area contributed by atoms with Crippen LogP contribution in [0.25, 0.3) is 0 Å². The zero-order chi connectivity index (χ0) is 19.0. The van der Waals surface area contributed by atoms with Gasteiger partial charge in [0, 0.05) is 11.1 Å². The third-order valence-electron chi connectivity index (χ3n) is 3.57. The SMILES string of the molecule is CCc1ccccc1C(=O)N(N)C(C)(C)C.Cl.Cl.O=C(Cl)c1ccccc1. The Morgan fingerprint density at radius 3 is 1.85 bits per heavy atom. The van der Waals surface area contributed by atoms with Crippen molar-refractivity contribution in [1.82, 2.24) is 5.01 Å². The van der Waals surface area contributed by atoms with Gasteiger partial charge in [-0.05, 0) is 50.4 Å². The van der Waals surface area contributed by atoms with E-state index in [2.05, 4.69) is 0 Å². The number of halogens is 3. The molecule has 0 aliphatic heterocycles. The topological polar surface area (TPSA) is 63.4 Å². The first kappa shape index (κ1) is 27.6. The molecule has 0 saturated carbocycles. The predicted molar refractivity (Wildman–Crippen MR) is 117 cm³/mol. The molecule has 27 heavy (non-hydrogen) atoms. The van der Waals surface area contributed by atoms with Crippen molar-refractivity contribution in [1.29, 1.82) is 0 Å². The van der Waals surface area contributed by atoms with Gasteiger partial charge in [0.15, 0.2) is 0 Å². The molecular formula is C20H27Cl3N2O2. The molecule has 2 aromatic rings. The number of amides is 1. The minimum Gasteiger partial charge on any atom is -0.276 e. The van der Waals surface area contributed by atoms with Gasteiger partial charge in [0.2, 0.25) is 0 Å². The average Bonchev–Trinajstić information content (AvgIpc) is 2.61. The Balaban J connectivity index is 0. The molecule has 2 N–H and O–H groups in total. The maximum atomic E-state index is 12.2. The number of benzene rings is 2. The van der Waals surface area contributed by atoms with Crippen molar-refractivity contribution in [2.45, 2.75) is 39.7 Å². The van der Waals surface area contributed by atoms with E-state index in [0.717, 1.165) is 12.0 Å². The van der Waals surface area contributed by atoms with Gasteiger partial charge < -0.3 is 0 Å². The molecule has 4 nitrogen and oxygen atoms in total. The Morgan fingerprint density at radius 1 is 0.963 bits per heavy atom. The third kappa shape index (κ3) is 8.76. The van der Waals surface area contributed by atoms with Gasteiger partial charge in [-0.3, -0.25) is 14.6 Å². The highest BCUT2D eigenvalue weighted by Crippen LogP contribution is 2.16. The quantitative estimate of drug-likeness (QED) is 0.310. The molecular weight excluding hydrogens is 407 g/mol. The molecule has 0 unspecified atom stereocenters. The Kier molecular flexibility index (Phi) is 13.0. The molecule has 0 saturated heterocycles. The lowest BCUT2D eigenvalue weighted by atomic mass is 10.0. The minimum atomic E-state index is -0.407. The van der Waals surface area contributed by atoms with E-state index in [1.54, 1.807) is 24.3 Å². The lowest BCUT2D eigenvalue weighted by molar-refractivity contribution is 0.0580. The molecule has 0 heterocycles. The highest BCUT2D eigenvalue weighted by molar-refractivity contribution is 6.67. The van der Waals surface area contributed by atoms with Crippen molar-refractivity contribution in [2.24, 2.45) is 5.84 Å². The predicted octanol–water partition coefficient (Wildman–Crippen LogP) is 5.27. The van der Waals surface area contributed by atoms with Crippen LogP contribution in [0.5, 0.6) is 0 Å². The fraction of sp³-hybridized carbons (Fsp3) is 0.300. The molecule has 1 amide bonds. The van der Waals surface area contributed by atoms with E-state index in [1.807, 2.05) is 58.0 Å². The third-order valence-corrected chi connectivity index (χ3v) is 3.79. The monoisotopic (exact) mass is 432 g/mol. The molecule has 7 heteroatoms. The molecule has 2 rings (SSSR count). The van der Waals surface area contributed by atoms with Gasteiger partial charge in [-0.2, -0.15) is 0 Å². The van der Waals surface area contributed by atoms with Gasteiger partial charge >= 0.3 is 0 Å². The highest BCUT2D eigenvalue weighted by Gasteiger charge is 2.25. The van der Waals surface area contributed by atoms with Crippen LogP contribution in [0.2, 0.25) is 0 Å². The van der Waals surface area contributed by atoms with Crippen LogP contribution in [-0.2, 0) is 6.42 Å². The number of hydrazine groups is 1. The number of nitrogens with two attached hydrogens (primary N) is 1. The van der Waals surface area contributed by atoms with Crippen LogP contribution in [-0.4, -0.2) is 21.7 Å². The maximum absolute atomic E-state index is 12.2. The van der Waals surface area contributed by atoms with Crippen LogP contribution < -0.4 is 5.84 Å². The molecule has 0 aliphatic carbocycles. The largest absolute Gasteiger partial charge is 0.276 e. The van der Waals surface area contributed by atoms with Crippen LogP contribution >= 0.6 is 36.4 Å². The summed E-state index contributed by atoms with van der Waals surface area (Å²) < 4.78 is 0. The molecule has 2 aromatic carbocycles. The van der Waals surface area contributed by atoms with E-state index >= 15 is 0 Å². The normalized spacial score (nSPS) is 9.70. The molecule has 0 fully saturated rings. The van der Waals surface area contributed by atoms with Gasteiger partial charge in [-0.25, -0.2) is 5.84 Å². The molecule has 150 valence electrons. The number of carbonyl (C=O) groups is 2. The molecule has 0 atom stereocenters. The van der Waals surface area contributed by atoms with Crippen LogP contribution in [0.1, 0.15) is 54.0 Å². The molecule has 0 spiro atoms. The number of nitrogens with zero attached hydrogens (tertiary/aromatic N) is 1. The summed E-state index contributed by atoms with van der Waals surface area (Å²) in [6.07, 6.45) is 0.833. The van der Waals surface area contributed by atoms with E-state index in [1.165, 1.54) is 5.01 Å². The van der Waals surface area contributed by atoms with E-state index in [0.29, 0.717) is 11.1 Å². The lowest BCUT2D eigenvalue weighted by Gasteiger charge is -2.31. The minimum absolute atomic E-state index is 0. The first-order valence-electron chi connectivity index (χ1n) is 8.10. The zero-order valence-corrected chi connectivity index (χ0v) is 18.3. The van der Waals surface area contributed by atoms with Crippen molar-refractivity contribution in [2.75, 3.05) is 0 Å². The standard InChI is InChI=1S/C13H20N2O.C7H5ClO.2ClH/c1-5-10-8-6-7-9-11(10)12(16)15(14)13(2,3)4;8-7(9)6-4-2-1-3-5-6;;/h6-9H,5,14H2,1-4H3;1-5H;2*1H. The summed E-state index contributed by atoms with van der Waals surface area (Å²) in [5.41, 5.74) is 1.91. The van der Waals surface area contributed by atoms with Crippen LogP contribution in [0, 0.1) is 0 Å². The van der Waals surface area contributed by atoms with Gasteiger partial charge in [0.05, 0.1) is 5.54 Å². The van der Waals surface area contributed by atoms with E-state index < -0.39 is 5.24 Å². The van der Waals surface area contributed by atoms with Crippen molar-refractivity contribution < 1.29 is 9.59 Å². The van der Waals surface area contributed by atoms with Crippen LogP contribution in [0.15, 0.2) is 54.6 Å². The van der Waals surface area contributed by atoms with Crippen LogP contribution in [0.3, 0.4) is 0 Å². The van der Waals surface area contributed by atoms with Crippen molar-refractivity contribution >= 4 is 47.6 Å². The lowest BCUT2D eigenvalue weighted by Crippen LogP contribution is -2.50. The highest BCUT2D eigenvalue weighted by atomic mass is 35.5. The summed E-state index contributed by atoms with van der Waals surface area (Å²) >= 11 is 5.16. The fourth-order valence-corrected chi connectivity index (χ4v) is 2.17. The van der Waals surface area contributed by atoms with Crippen molar-refractivity contribution in [3.05, 3.63) is 71.3 Å². The summed E-state index contributed by atoms with van der Waals surface area (Å²) in [5, 5.41) is 0.886. The molecule has 0 radical (unpaired) electrons. The Labute approximate surface area is 178 Å². The first-order chi connectivity index (χ1) is 11.7. The molecule has 0 aromatic heterocycles. The summed E-state index contributed by atoms with van der Waals surface area (Å²) in [5.74, 6) is 5.71. The summed E-state index contributed by atoms with van der Waals surface area (Å²) in [4.78, 5) is 22.6. The van der Waals surface area contributed by atoms with E-state index in [4.69, 9.17) is 17.4 Å². The molecule has 0 aliphatic rings. The second-order valence-corrected chi connectivity index (χ2v) is 6.84. The second kappa shape index (κ2) is 12.7. The maximum Gasteiger partial charge on any atom is 0.268 e. The second-order valence-electron chi connectivity index (χ2n) is 6.50. The Bertz CT molecular complexity index is 717. The van der Waals surface area contributed by atoms with Gasteiger partial charge in [-0.15, -0.1) is 24.8 Å².